The van der Waals surface area contributed by atoms with Gasteiger partial charge in [0.15, 0.2) is 0 Å². The van der Waals surface area contributed by atoms with Crippen molar-refractivity contribution in [1.82, 2.24) is 15.6 Å². The highest BCUT2D eigenvalue weighted by Crippen LogP contribution is 2.33. The van der Waals surface area contributed by atoms with Gasteiger partial charge in [-0.15, -0.1) is 0 Å². The molecule has 0 bridgehead atoms. The Morgan fingerprint density at radius 1 is 1.46 bits per heavy atom. The van der Waals surface area contributed by atoms with Gasteiger partial charge in [0.25, 0.3) is 0 Å². The molecule has 2 aliphatic heterocycles. The van der Waals surface area contributed by atoms with E-state index in [9.17, 15) is 0 Å². The normalized spacial score (nSPS) is 26.8. The lowest BCUT2D eigenvalue weighted by Crippen LogP contribution is -2.45. The predicted molar refractivity (Wildman–Crippen MR) is 96.6 cm³/mol. The van der Waals surface area contributed by atoms with Crippen molar-refractivity contribution in [2.24, 2.45) is 16.8 Å². The molecule has 2 heterocycles. The minimum Gasteiger partial charge on any atom is -0.495 e. The highest BCUT2D eigenvalue weighted by Gasteiger charge is 2.28. The van der Waals surface area contributed by atoms with E-state index in [2.05, 4.69) is 33.3 Å². The first-order valence-corrected chi connectivity index (χ1v) is 8.55. The minimum atomic E-state index is 0.0658. The molecule has 6 heteroatoms. The van der Waals surface area contributed by atoms with Crippen LogP contribution in [0.2, 0.25) is 0 Å². The van der Waals surface area contributed by atoms with Gasteiger partial charge in [0.05, 0.1) is 18.2 Å². The summed E-state index contributed by atoms with van der Waals surface area (Å²) in [5, 5.41) is 3.24. The van der Waals surface area contributed by atoms with Crippen LogP contribution < -0.4 is 16.6 Å². The van der Waals surface area contributed by atoms with Crippen LogP contribution >= 0.6 is 0 Å². The number of allylic oxidation sites excluding steroid dienone is 5. The monoisotopic (exact) mass is 329 g/mol. The number of nitrogens with two attached hydrogens (primary N) is 1. The van der Waals surface area contributed by atoms with E-state index in [1.54, 1.807) is 6.34 Å². The number of hydrazine groups is 1. The largest absolute Gasteiger partial charge is 0.495 e. The number of ether oxygens (including phenoxy) is 1. The van der Waals surface area contributed by atoms with Crippen LogP contribution in [0.1, 0.15) is 26.7 Å². The average molecular weight is 329 g/mol. The molecule has 24 heavy (non-hydrogen) atoms. The van der Waals surface area contributed by atoms with Crippen LogP contribution in [0.15, 0.2) is 52.5 Å². The van der Waals surface area contributed by atoms with Gasteiger partial charge in [0, 0.05) is 36.8 Å². The molecule has 0 aromatic rings. The Bertz CT molecular complexity index is 613. The maximum absolute atomic E-state index is 5.87. The molecule has 2 atom stereocenters. The maximum atomic E-state index is 5.87. The van der Waals surface area contributed by atoms with E-state index in [1.165, 1.54) is 6.42 Å². The second-order valence-corrected chi connectivity index (χ2v) is 6.65. The summed E-state index contributed by atoms with van der Waals surface area (Å²) in [6, 6.07) is 0. The molecular formula is C18H27N5O. The van der Waals surface area contributed by atoms with E-state index in [4.69, 9.17) is 10.6 Å². The Kier molecular flexibility index (Phi) is 5.06. The highest BCUT2D eigenvalue weighted by molar-refractivity contribution is 5.63. The number of likely N-dealkylation sites (tertiary alicyclic amines) is 1. The van der Waals surface area contributed by atoms with Gasteiger partial charge in [0.2, 0.25) is 0 Å². The highest BCUT2D eigenvalue weighted by atomic mass is 16.5. The van der Waals surface area contributed by atoms with Crippen molar-refractivity contribution in [3.63, 3.8) is 0 Å². The molecule has 0 saturated carbocycles. The van der Waals surface area contributed by atoms with Crippen molar-refractivity contribution in [2.45, 2.75) is 39.0 Å². The van der Waals surface area contributed by atoms with Crippen LogP contribution in [0.5, 0.6) is 0 Å². The smallest absolute Gasteiger partial charge is 0.125 e. The number of hydrogen-bond acceptors (Lipinski definition) is 6. The van der Waals surface area contributed by atoms with Gasteiger partial charge in [-0.25, -0.2) is 0 Å². The van der Waals surface area contributed by atoms with Crippen molar-refractivity contribution in [3.8, 4) is 0 Å². The van der Waals surface area contributed by atoms with Crippen LogP contribution in [-0.4, -0.2) is 36.6 Å². The van der Waals surface area contributed by atoms with Crippen LogP contribution in [0.25, 0.3) is 0 Å². The molecule has 3 aliphatic rings. The Balaban J connectivity index is 1.74. The number of hydrogen-bond donors (Lipinski definition) is 3. The summed E-state index contributed by atoms with van der Waals surface area (Å²) in [6.07, 6.45) is 10.1. The van der Waals surface area contributed by atoms with E-state index in [1.807, 2.05) is 26.0 Å². The molecule has 4 N–H and O–H groups in total. The number of nitrogens with zero attached hydrogens (tertiary/aromatic N) is 2. The fourth-order valence-corrected chi connectivity index (χ4v) is 3.14. The molecule has 0 radical (unpaired) electrons. The van der Waals surface area contributed by atoms with Crippen molar-refractivity contribution >= 4 is 6.34 Å². The van der Waals surface area contributed by atoms with Gasteiger partial charge in [-0.05, 0) is 44.1 Å². The van der Waals surface area contributed by atoms with Gasteiger partial charge < -0.3 is 15.5 Å². The molecular weight excluding hydrogens is 302 g/mol. The molecule has 0 amide bonds. The standard InChI is InChI=1S/C18H27N5O/c1-12(2)24-14-5-6-16(22-19)15(9-14)13(3)17-10-18(21-11-20-17)23-7-4-8-23/h5-6,10-12,15,18,22H,3-4,7-9,19H2,1-2H3,(H,20,21)/t15?,18-/m1/s1. The fraction of sp³-hybridized carbons (Fsp3) is 0.500. The molecule has 1 aliphatic carbocycles. The lowest BCUT2D eigenvalue weighted by Gasteiger charge is -2.37. The van der Waals surface area contributed by atoms with E-state index >= 15 is 0 Å². The molecule has 1 fully saturated rings. The third kappa shape index (κ3) is 3.55. The fourth-order valence-electron chi connectivity index (χ4n) is 3.14. The zero-order chi connectivity index (χ0) is 17.1. The Hall–Kier alpha value is -2.05. The summed E-state index contributed by atoms with van der Waals surface area (Å²) in [5.74, 6) is 6.73. The van der Waals surface area contributed by atoms with Crippen molar-refractivity contribution in [2.75, 3.05) is 13.1 Å². The lowest BCUT2D eigenvalue weighted by molar-refractivity contribution is 0.134. The summed E-state index contributed by atoms with van der Waals surface area (Å²) in [7, 11) is 0. The van der Waals surface area contributed by atoms with E-state index in [0.29, 0.717) is 0 Å². The zero-order valence-electron chi connectivity index (χ0n) is 14.5. The third-order valence-electron chi connectivity index (χ3n) is 4.58. The summed E-state index contributed by atoms with van der Waals surface area (Å²) < 4.78 is 5.87. The van der Waals surface area contributed by atoms with Gasteiger partial charge in [-0.3, -0.25) is 15.7 Å². The SMILES string of the molecule is C=C(C1=C[C@@H](N2CCC2)N=CN1)C1CC(OC(C)C)=CC=C1NN. The number of aliphatic imine (C=N–C) groups is 1. The second kappa shape index (κ2) is 7.23. The van der Waals surface area contributed by atoms with Crippen molar-refractivity contribution in [1.29, 1.82) is 0 Å². The Labute approximate surface area is 143 Å². The summed E-state index contributed by atoms with van der Waals surface area (Å²) in [6.45, 7) is 10.6. The molecule has 1 saturated heterocycles. The average Bonchev–Trinajstić information content (AvgIpc) is 2.52. The first kappa shape index (κ1) is 16.8. The summed E-state index contributed by atoms with van der Waals surface area (Å²) >= 11 is 0. The van der Waals surface area contributed by atoms with Gasteiger partial charge >= 0.3 is 0 Å². The quantitative estimate of drug-likeness (QED) is 0.511. The van der Waals surface area contributed by atoms with Gasteiger partial charge in [-0.2, -0.15) is 0 Å². The minimum absolute atomic E-state index is 0.0658. The van der Waals surface area contributed by atoms with E-state index in [-0.39, 0.29) is 18.2 Å². The van der Waals surface area contributed by atoms with E-state index in [0.717, 1.165) is 42.2 Å². The third-order valence-corrected chi connectivity index (χ3v) is 4.58. The topological polar surface area (TPSA) is 74.9 Å². The summed E-state index contributed by atoms with van der Waals surface area (Å²) in [5.41, 5.74) is 5.76. The predicted octanol–water partition coefficient (Wildman–Crippen LogP) is 1.77. The van der Waals surface area contributed by atoms with E-state index < -0.39 is 0 Å². The molecule has 1 unspecified atom stereocenters. The molecule has 0 aromatic heterocycles. The molecule has 6 nitrogen and oxygen atoms in total. The van der Waals surface area contributed by atoms with Crippen LogP contribution in [0.4, 0.5) is 0 Å². The lowest BCUT2D eigenvalue weighted by atomic mass is 9.87. The summed E-state index contributed by atoms with van der Waals surface area (Å²) in [4.78, 5) is 6.85. The number of nitrogens with one attached hydrogen (secondary N) is 2. The second-order valence-electron chi connectivity index (χ2n) is 6.65. The Morgan fingerprint density at radius 2 is 2.25 bits per heavy atom. The molecule has 130 valence electrons. The van der Waals surface area contributed by atoms with Gasteiger partial charge in [-0.1, -0.05) is 6.58 Å². The van der Waals surface area contributed by atoms with Crippen LogP contribution in [-0.2, 0) is 4.74 Å². The first-order chi connectivity index (χ1) is 11.6. The van der Waals surface area contributed by atoms with Gasteiger partial charge in [0.1, 0.15) is 6.17 Å². The number of rotatable bonds is 6. The molecule has 3 rings (SSSR count). The van der Waals surface area contributed by atoms with Crippen molar-refractivity contribution in [3.05, 3.63) is 47.5 Å². The molecule has 0 spiro atoms. The van der Waals surface area contributed by atoms with Crippen LogP contribution in [0.3, 0.4) is 0 Å². The maximum Gasteiger partial charge on any atom is 0.125 e. The van der Waals surface area contributed by atoms with Crippen molar-refractivity contribution < 1.29 is 4.74 Å². The van der Waals surface area contributed by atoms with Crippen LogP contribution in [0, 0.1) is 5.92 Å². The Morgan fingerprint density at radius 3 is 2.88 bits per heavy atom. The first-order valence-electron chi connectivity index (χ1n) is 8.55. The zero-order valence-corrected chi connectivity index (χ0v) is 14.5. The molecule has 0 aromatic carbocycles.